The Morgan fingerprint density at radius 3 is 3.18 bits per heavy atom. The second-order valence-corrected chi connectivity index (χ2v) is 3.18. The third-order valence-electron chi connectivity index (χ3n) is 2.35. The molecule has 0 aromatic heterocycles. The highest BCUT2D eigenvalue weighted by atomic mass is 16.7. The Morgan fingerprint density at radius 1 is 1.18 bits per heavy atom. The minimum Gasteiger partial charge on any atom is -0.352 e. The highest BCUT2D eigenvalue weighted by Crippen LogP contribution is 2.26. The van der Waals surface area contributed by atoms with Gasteiger partial charge in [0.2, 0.25) is 0 Å². The molecule has 1 fully saturated rings. The molecular weight excluding hydrogens is 140 g/mol. The Morgan fingerprint density at radius 2 is 2.18 bits per heavy atom. The van der Waals surface area contributed by atoms with E-state index in [4.69, 9.17) is 9.47 Å². The van der Waals surface area contributed by atoms with Crippen molar-refractivity contribution in [1.29, 1.82) is 0 Å². The summed E-state index contributed by atoms with van der Waals surface area (Å²) in [6, 6.07) is 0. The van der Waals surface area contributed by atoms with Gasteiger partial charge >= 0.3 is 0 Å². The number of ether oxygens (including phenoxy) is 2. The van der Waals surface area contributed by atoms with Crippen molar-refractivity contribution in [3.8, 4) is 0 Å². The van der Waals surface area contributed by atoms with Gasteiger partial charge < -0.3 is 9.47 Å². The van der Waals surface area contributed by atoms with Crippen LogP contribution in [0.25, 0.3) is 0 Å². The van der Waals surface area contributed by atoms with Gasteiger partial charge in [0.15, 0.2) is 6.29 Å². The molecule has 2 atom stereocenters. The van der Waals surface area contributed by atoms with E-state index in [1.54, 1.807) is 0 Å². The number of allylic oxidation sites excluding steroid dienone is 1. The van der Waals surface area contributed by atoms with E-state index in [0.29, 0.717) is 5.92 Å². The fraction of sp³-hybridized carbons (Fsp3) is 0.778. The third kappa shape index (κ3) is 1.63. The summed E-state index contributed by atoms with van der Waals surface area (Å²) in [6.07, 6.45) is 7.96. The Kier molecular flexibility index (Phi) is 2.24. The van der Waals surface area contributed by atoms with Crippen LogP contribution in [0.1, 0.15) is 19.3 Å². The van der Waals surface area contributed by atoms with E-state index in [0.717, 1.165) is 19.6 Å². The Bertz CT molecular complexity index is 154. The van der Waals surface area contributed by atoms with Crippen LogP contribution in [0.5, 0.6) is 0 Å². The molecule has 0 aromatic rings. The van der Waals surface area contributed by atoms with E-state index >= 15 is 0 Å². The van der Waals surface area contributed by atoms with Crippen molar-refractivity contribution >= 4 is 0 Å². The standard InChI is InChI=1S/C9H14O2/c1-2-6-10-9-8(4-1)5-3-7-11-9/h1-2,8-9H,3-7H2/t8-,9+/m0/s1. The van der Waals surface area contributed by atoms with E-state index in [-0.39, 0.29) is 6.29 Å². The van der Waals surface area contributed by atoms with Crippen molar-refractivity contribution in [3.63, 3.8) is 0 Å². The van der Waals surface area contributed by atoms with Crippen LogP contribution < -0.4 is 0 Å². The van der Waals surface area contributed by atoms with Crippen molar-refractivity contribution in [2.75, 3.05) is 13.2 Å². The molecule has 0 unspecified atom stereocenters. The molecule has 0 N–H and O–H groups in total. The molecule has 0 aromatic carbocycles. The normalized spacial score (nSPS) is 37.8. The minimum atomic E-state index is 0.0822. The van der Waals surface area contributed by atoms with Crippen LogP contribution in [0.4, 0.5) is 0 Å². The first-order chi connectivity index (χ1) is 5.47. The summed E-state index contributed by atoms with van der Waals surface area (Å²) in [4.78, 5) is 0. The van der Waals surface area contributed by atoms with Gasteiger partial charge in [-0.3, -0.25) is 0 Å². The summed E-state index contributed by atoms with van der Waals surface area (Å²) in [7, 11) is 0. The molecule has 2 aliphatic heterocycles. The zero-order chi connectivity index (χ0) is 7.52. The SMILES string of the molecule is C1=CC[C@H]2CCCO[C@H]2OC1. The first kappa shape index (κ1) is 7.32. The van der Waals surface area contributed by atoms with Crippen molar-refractivity contribution in [1.82, 2.24) is 0 Å². The summed E-state index contributed by atoms with van der Waals surface area (Å²) in [5.41, 5.74) is 0. The lowest BCUT2D eigenvalue weighted by atomic mass is 9.97. The first-order valence-corrected chi connectivity index (χ1v) is 4.35. The monoisotopic (exact) mass is 154 g/mol. The van der Waals surface area contributed by atoms with Gasteiger partial charge in [0.25, 0.3) is 0 Å². The lowest BCUT2D eigenvalue weighted by molar-refractivity contribution is -0.183. The fourth-order valence-electron chi connectivity index (χ4n) is 1.72. The highest BCUT2D eigenvalue weighted by molar-refractivity contribution is 4.89. The maximum atomic E-state index is 5.50. The zero-order valence-corrected chi connectivity index (χ0v) is 6.66. The average Bonchev–Trinajstić information content (AvgIpc) is 2.28. The molecule has 2 rings (SSSR count). The van der Waals surface area contributed by atoms with Crippen LogP contribution in [-0.2, 0) is 9.47 Å². The molecule has 2 nitrogen and oxygen atoms in total. The van der Waals surface area contributed by atoms with Crippen molar-refractivity contribution in [3.05, 3.63) is 12.2 Å². The quantitative estimate of drug-likeness (QED) is 0.494. The molecule has 0 bridgehead atoms. The molecule has 62 valence electrons. The summed E-state index contributed by atoms with van der Waals surface area (Å²) >= 11 is 0. The van der Waals surface area contributed by atoms with Gasteiger partial charge in [0.05, 0.1) is 6.61 Å². The van der Waals surface area contributed by atoms with Gasteiger partial charge in [-0.25, -0.2) is 0 Å². The summed E-state index contributed by atoms with van der Waals surface area (Å²) in [5.74, 6) is 0.613. The molecule has 0 amide bonds. The molecule has 2 heterocycles. The lowest BCUT2D eigenvalue weighted by Crippen LogP contribution is -2.30. The van der Waals surface area contributed by atoms with Crippen LogP contribution in [0.2, 0.25) is 0 Å². The minimum absolute atomic E-state index is 0.0822. The first-order valence-electron chi connectivity index (χ1n) is 4.35. The third-order valence-corrected chi connectivity index (χ3v) is 2.35. The maximum Gasteiger partial charge on any atom is 0.161 e. The van der Waals surface area contributed by atoms with Gasteiger partial charge in [0.1, 0.15) is 0 Å². The van der Waals surface area contributed by atoms with E-state index in [1.165, 1.54) is 12.8 Å². The largest absolute Gasteiger partial charge is 0.352 e. The molecule has 1 saturated heterocycles. The zero-order valence-electron chi connectivity index (χ0n) is 6.66. The predicted molar refractivity (Wildman–Crippen MR) is 42.2 cm³/mol. The smallest absolute Gasteiger partial charge is 0.161 e. The van der Waals surface area contributed by atoms with E-state index in [1.807, 2.05) is 0 Å². The van der Waals surface area contributed by atoms with Gasteiger partial charge in [-0.2, -0.15) is 0 Å². The molecule has 11 heavy (non-hydrogen) atoms. The molecule has 0 spiro atoms. The van der Waals surface area contributed by atoms with Crippen LogP contribution >= 0.6 is 0 Å². The van der Waals surface area contributed by atoms with Crippen LogP contribution in [0, 0.1) is 5.92 Å². The summed E-state index contributed by atoms with van der Waals surface area (Å²) in [5, 5.41) is 0. The predicted octanol–water partition coefficient (Wildman–Crippen LogP) is 1.72. The van der Waals surface area contributed by atoms with E-state index in [9.17, 15) is 0 Å². The number of hydrogen-bond donors (Lipinski definition) is 0. The van der Waals surface area contributed by atoms with Gasteiger partial charge in [-0.1, -0.05) is 12.2 Å². The van der Waals surface area contributed by atoms with Crippen molar-refractivity contribution in [2.24, 2.45) is 5.92 Å². The number of fused-ring (bicyclic) bond motifs is 1. The molecule has 0 radical (unpaired) electrons. The highest BCUT2D eigenvalue weighted by Gasteiger charge is 2.26. The maximum absolute atomic E-state index is 5.50. The number of hydrogen-bond acceptors (Lipinski definition) is 2. The lowest BCUT2D eigenvalue weighted by Gasteiger charge is -2.29. The van der Waals surface area contributed by atoms with Crippen LogP contribution in [0.15, 0.2) is 12.2 Å². The Hall–Kier alpha value is -0.340. The average molecular weight is 154 g/mol. The van der Waals surface area contributed by atoms with Crippen molar-refractivity contribution < 1.29 is 9.47 Å². The summed E-state index contributed by atoms with van der Waals surface area (Å²) < 4.78 is 11.0. The molecule has 0 aliphatic carbocycles. The second kappa shape index (κ2) is 3.37. The van der Waals surface area contributed by atoms with E-state index in [2.05, 4.69) is 12.2 Å². The number of rotatable bonds is 0. The topological polar surface area (TPSA) is 18.5 Å². The van der Waals surface area contributed by atoms with Crippen molar-refractivity contribution in [2.45, 2.75) is 25.6 Å². The Labute approximate surface area is 67.2 Å². The molecule has 0 saturated carbocycles. The molecule has 2 aliphatic rings. The van der Waals surface area contributed by atoms with Gasteiger partial charge in [0, 0.05) is 12.5 Å². The van der Waals surface area contributed by atoms with Gasteiger partial charge in [-0.15, -0.1) is 0 Å². The fourth-order valence-corrected chi connectivity index (χ4v) is 1.72. The Balaban J connectivity index is 1.98. The van der Waals surface area contributed by atoms with Crippen LogP contribution in [-0.4, -0.2) is 19.5 Å². The summed E-state index contributed by atoms with van der Waals surface area (Å²) in [6.45, 7) is 1.60. The van der Waals surface area contributed by atoms with E-state index < -0.39 is 0 Å². The van der Waals surface area contributed by atoms with Crippen LogP contribution in [0.3, 0.4) is 0 Å². The second-order valence-electron chi connectivity index (χ2n) is 3.18. The van der Waals surface area contributed by atoms with Gasteiger partial charge in [-0.05, 0) is 19.3 Å². The molecule has 2 heteroatoms. The molecular formula is C9H14O2.